The van der Waals surface area contributed by atoms with Crippen LogP contribution in [0.4, 0.5) is 0 Å². The molecule has 0 saturated carbocycles. The van der Waals surface area contributed by atoms with E-state index in [2.05, 4.69) is 26.6 Å². The average Bonchev–Trinajstić information content (AvgIpc) is 3.39. The third-order valence-corrected chi connectivity index (χ3v) is 6.20. The van der Waals surface area contributed by atoms with Crippen LogP contribution in [0.15, 0.2) is 29.0 Å². The van der Waals surface area contributed by atoms with Gasteiger partial charge >= 0.3 is 5.97 Å². The molecule has 0 unspecified atom stereocenters. The molecule has 0 fully saturated rings. The minimum atomic E-state index is -0.442. The van der Waals surface area contributed by atoms with Gasteiger partial charge in [0.2, 0.25) is 0 Å². The highest BCUT2D eigenvalue weighted by molar-refractivity contribution is 7.99. The number of H-pyrrole nitrogens is 1. The van der Waals surface area contributed by atoms with Crippen LogP contribution < -0.4 is 0 Å². The van der Waals surface area contributed by atoms with Crippen LogP contribution in [0.2, 0.25) is 0 Å². The van der Waals surface area contributed by atoms with E-state index < -0.39 is 5.97 Å². The highest BCUT2D eigenvalue weighted by Crippen LogP contribution is 2.23. The van der Waals surface area contributed by atoms with Crippen LogP contribution in [-0.2, 0) is 17.7 Å². The number of hydrogen-bond acceptors (Lipinski definition) is 7. The highest BCUT2D eigenvalue weighted by Gasteiger charge is 2.23. The molecule has 0 aromatic carbocycles. The molecule has 3 rings (SSSR count). The Morgan fingerprint density at radius 2 is 2.18 bits per heavy atom. The first kappa shape index (κ1) is 20.3. The number of aromatic nitrogens is 4. The lowest BCUT2D eigenvalue weighted by atomic mass is 10.1. The Labute approximate surface area is 171 Å². The second-order valence-corrected chi connectivity index (χ2v) is 8.17. The van der Waals surface area contributed by atoms with Gasteiger partial charge in [-0.25, -0.2) is 4.79 Å². The largest absolute Gasteiger partial charge is 0.461 e. The number of nitrogens with zero attached hydrogens (tertiary/aromatic N) is 3. The minimum Gasteiger partial charge on any atom is -0.461 e. The zero-order valence-electron chi connectivity index (χ0n) is 16.0. The minimum absolute atomic E-state index is 0.0559. The van der Waals surface area contributed by atoms with Crippen LogP contribution in [-0.4, -0.2) is 43.9 Å². The number of hydrogen-bond donors (Lipinski definition) is 1. The lowest BCUT2D eigenvalue weighted by molar-refractivity contribution is 0.0519. The number of esters is 1. The molecule has 0 aliphatic rings. The number of carbonyl (C=O) groups is 2. The van der Waals surface area contributed by atoms with Gasteiger partial charge in [-0.15, -0.1) is 21.5 Å². The summed E-state index contributed by atoms with van der Waals surface area (Å²) in [6, 6.07) is 4.14. The summed E-state index contributed by atoms with van der Waals surface area (Å²) in [6.45, 7) is 6.35. The van der Waals surface area contributed by atoms with Gasteiger partial charge in [0, 0.05) is 22.7 Å². The van der Waals surface area contributed by atoms with Gasteiger partial charge in [0.1, 0.15) is 12.0 Å². The van der Waals surface area contributed by atoms with E-state index >= 15 is 0 Å². The van der Waals surface area contributed by atoms with Crippen molar-refractivity contribution >= 4 is 34.9 Å². The van der Waals surface area contributed by atoms with Crippen molar-refractivity contribution in [2.75, 3.05) is 12.4 Å². The van der Waals surface area contributed by atoms with Crippen molar-refractivity contribution < 1.29 is 14.3 Å². The molecule has 1 N–H and O–H groups in total. The van der Waals surface area contributed by atoms with E-state index in [1.54, 1.807) is 38.4 Å². The Morgan fingerprint density at radius 1 is 1.36 bits per heavy atom. The molecular weight excluding hydrogens is 396 g/mol. The van der Waals surface area contributed by atoms with E-state index in [0.29, 0.717) is 27.7 Å². The number of carbonyl (C=O) groups excluding carboxylic acids is 2. The molecular formula is C19H22N4O3S2. The predicted molar refractivity (Wildman–Crippen MR) is 109 cm³/mol. The van der Waals surface area contributed by atoms with Gasteiger partial charge < -0.3 is 14.3 Å². The predicted octanol–water partition coefficient (Wildman–Crippen LogP) is 3.68. The number of Topliss-reactive ketones (excluding diaryl/α,β-unsaturated/α-hetero) is 1. The van der Waals surface area contributed by atoms with Crippen LogP contribution in [0.1, 0.15) is 43.9 Å². The summed E-state index contributed by atoms with van der Waals surface area (Å²) in [7, 11) is 0. The van der Waals surface area contributed by atoms with E-state index in [1.165, 1.54) is 16.6 Å². The van der Waals surface area contributed by atoms with Gasteiger partial charge in [0.05, 0.1) is 12.4 Å². The third kappa shape index (κ3) is 4.53. The molecule has 0 amide bonds. The van der Waals surface area contributed by atoms with Crippen LogP contribution in [0.5, 0.6) is 0 Å². The quantitative estimate of drug-likeness (QED) is 0.324. The van der Waals surface area contributed by atoms with Gasteiger partial charge in [-0.2, -0.15) is 0 Å². The van der Waals surface area contributed by atoms with Crippen LogP contribution in [0, 0.1) is 13.8 Å². The maximum atomic E-state index is 12.8. The number of rotatable bonds is 9. The number of nitrogens with one attached hydrogen (secondary N) is 1. The summed E-state index contributed by atoms with van der Waals surface area (Å²) < 4.78 is 7.00. The number of ketones is 1. The van der Waals surface area contributed by atoms with Crippen LogP contribution in [0.25, 0.3) is 0 Å². The Bertz CT molecular complexity index is 960. The van der Waals surface area contributed by atoms with Crippen molar-refractivity contribution in [3.8, 4) is 0 Å². The molecule has 0 atom stereocenters. The lowest BCUT2D eigenvalue weighted by Crippen LogP contribution is -2.09. The molecule has 0 bridgehead atoms. The van der Waals surface area contributed by atoms with Gasteiger partial charge in [-0.1, -0.05) is 17.8 Å². The number of thiophene rings is 1. The first-order valence-corrected chi connectivity index (χ1v) is 10.8. The van der Waals surface area contributed by atoms with Crippen molar-refractivity contribution in [1.82, 2.24) is 19.7 Å². The van der Waals surface area contributed by atoms with Gasteiger partial charge in [0.25, 0.3) is 0 Å². The Balaban J connectivity index is 1.65. The van der Waals surface area contributed by atoms with E-state index in [4.69, 9.17) is 4.74 Å². The second-order valence-electron chi connectivity index (χ2n) is 6.19. The van der Waals surface area contributed by atoms with E-state index in [9.17, 15) is 9.59 Å². The molecule has 0 spiro atoms. The molecule has 3 heterocycles. The van der Waals surface area contributed by atoms with Crippen LogP contribution >= 0.6 is 23.1 Å². The summed E-state index contributed by atoms with van der Waals surface area (Å²) in [5.41, 5.74) is 2.18. The zero-order valence-corrected chi connectivity index (χ0v) is 17.7. The fourth-order valence-corrected chi connectivity index (χ4v) is 4.48. The van der Waals surface area contributed by atoms with Gasteiger partial charge in [-0.05, 0) is 44.2 Å². The second kappa shape index (κ2) is 9.20. The molecule has 7 nitrogen and oxygen atoms in total. The molecule has 28 heavy (non-hydrogen) atoms. The molecule has 148 valence electrons. The Morgan fingerprint density at radius 3 is 2.89 bits per heavy atom. The van der Waals surface area contributed by atoms with Crippen molar-refractivity contribution in [1.29, 1.82) is 0 Å². The monoisotopic (exact) mass is 418 g/mol. The number of aryl methyl sites for hydroxylation is 3. The number of thioether (sulfide) groups is 1. The molecule has 0 aliphatic carbocycles. The van der Waals surface area contributed by atoms with E-state index in [-0.39, 0.29) is 18.1 Å². The van der Waals surface area contributed by atoms with Crippen molar-refractivity contribution in [2.24, 2.45) is 0 Å². The summed E-state index contributed by atoms with van der Waals surface area (Å²) in [5.74, 6) is -0.276. The molecule has 0 radical (unpaired) electrons. The fourth-order valence-electron chi connectivity index (χ4n) is 2.97. The van der Waals surface area contributed by atoms with Crippen LogP contribution in [0.3, 0.4) is 0 Å². The number of aromatic amines is 1. The zero-order chi connectivity index (χ0) is 20.1. The van der Waals surface area contributed by atoms with Crippen molar-refractivity contribution in [3.05, 3.63) is 51.2 Å². The Hall–Kier alpha value is -2.39. The average molecular weight is 419 g/mol. The summed E-state index contributed by atoms with van der Waals surface area (Å²) in [4.78, 5) is 29.1. The summed E-state index contributed by atoms with van der Waals surface area (Å²) >= 11 is 3.07. The standard InChI is InChI=1S/C19H22N4O3S2/c1-4-26-18(25)17-12(2)16(13(3)21-17)15(24)10-28-19-22-20-11-23(19)8-7-14-6-5-9-27-14/h5-6,9,11,21H,4,7-8,10H2,1-3H3. The van der Waals surface area contributed by atoms with Crippen molar-refractivity contribution in [2.45, 2.75) is 38.9 Å². The Kier molecular flexibility index (Phi) is 6.69. The van der Waals surface area contributed by atoms with E-state index in [1.807, 2.05) is 10.6 Å². The first-order valence-electron chi connectivity index (χ1n) is 8.93. The normalized spacial score (nSPS) is 11.0. The maximum absolute atomic E-state index is 12.8. The van der Waals surface area contributed by atoms with Crippen molar-refractivity contribution in [3.63, 3.8) is 0 Å². The summed E-state index contributed by atoms with van der Waals surface area (Å²) in [5, 5.41) is 10.9. The molecule has 3 aromatic rings. The molecule has 0 saturated heterocycles. The lowest BCUT2D eigenvalue weighted by Gasteiger charge is -2.06. The van der Waals surface area contributed by atoms with E-state index in [0.717, 1.165) is 13.0 Å². The summed E-state index contributed by atoms with van der Waals surface area (Å²) in [6.07, 6.45) is 2.59. The third-order valence-electron chi connectivity index (χ3n) is 4.29. The molecule has 0 aliphatic heterocycles. The SMILES string of the molecule is CCOC(=O)c1[nH]c(C)c(C(=O)CSc2nncn2CCc2cccs2)c1C. The topological polar surface area (TPSA) is 89.9 Å². The molecule has 3 aromatic heterocycles. The van der Waals surface area contributed by atoms with Gasteiger partial charge in [-0.3, -0.25) is 4.79 Å². The van der Waals surface area contributed by atoms with Gasteiger partial charge in [0.15, 0.2) is 10.9 Å². The smallest absolute Gasteiger partial charge is 0.355 e. The molecule has 9 heteroatoms. The highest BCUT2D eigenvalue weighted by atomic mass is 32.2. The first-order chi connectivity index (χ1) is 13.5. The fraction of sp³-hybridized carbons (Fsp3) is 0.368. The maximum Gasteiger partial charge on any atom is 0.355 e. The number of ether oxygens (including phenoxy) is 1.